The van der Waals surface area contributed by atoms with Gasteiger partial charge in [-0.25, -0.2) is 4.79 Å². The van der Waals surface area contributed by atoms with E-state index in [-0.39, 0.29) is 12.6 Å². The molecule has 1 heterocycles. The molecule has 0 unspecified atom stereocenters. The number of hydrogen-bond acceptors (Lipinski definition) is 3. The molecule has 2 rings (SSSR count). The Morgan fingerprint density at radius 3 is 2.25 bits per heavy atom. The summed E-state index contributed by atoms with van der Waals surface area (Å²) in [6, 6.07) is 0. The fraction of sp³-hybridized carbons (Fsp3) is 0.889. The third-order valence-electron chi connectivity index (χ3n) is 2.12. The Morgan fingerprint density at radius 1 is 1.25 bits per heavy atom. The largest absolute Gasteiger partial charge is 0.431 e. The summed E-state index contributed by atoms with van der Waals surface area (Å²) in [5, 5.41) is 0. The van der Waals surface area contributed by atoms with E-state index in [1.54, 1.807) is 0 Å². The SMILES string of the molecule is CC.O=C1COC2(CCCC2)O1. The van der Waals surface area contributed by atoms with Crippen molar-refractivity contribution in [2.75, 3.05) is 6.61 Å². The molecule has 0 amide bonds. The average molecular weight is 172 g/mol. The first-order chi connectivity index (χ1) is 5.81. The highest BCUT2D eigenvalue weighted by atomic mass is 16.8. The van der Waals surface area contributed by atoms with Gasteiger partial charge in [0.2, 0.25) is 5.79 Å². The van der Waals surface area contributed by atoms with Gasteiger partial charge in [0.1, 0.15) is 6.61 Å². The van der Waals surface area contributed by atoms with Crippen LogP contribution in [0.3, 0.4) is 0 Å². The van der Waals surface area contributed by atoms with Crippen LogP contribution in [-0.2, 0) is 14.3 Å². The minimum absolute atomic E-state index is 0.153. The zero-order valence-corrected chi connectivity index (χ0v) is 7.76. The molecular formula is C9H16O3. The molecule has 0 atom stereocenters. The van der Waals surface area contributed by atoms with Gasteiger partial charge in [0, 0.05) is 12.8 Å². The van der Waals surface area contributed by atoms with Crippen molar-refractivity contribution in [1.29, 1.82) is 0 Å². The minimum atomic E-state index is -0.489. The number of carbonyl (C=O) groups is 1. The van der Waals surface area contributed by atoms with Crippen molar-refractivity contribution in [2.24, 2.45) is 0 Å². The van der Waals surface area contributed by atoms with E-state index < -0.39 is 5.79 Å². The van der Waals surface area contributed by atoms with Gasteiger partial charge >= 0.3 is 5.97 Å². The fourth-order valence-electron chi connectivity index (χ4n) is 1.62. The molecule has 3 nitrogen and oxygen atoms in total. The normalized spacial score (nSPS) is 25.0. The predicted molar refractivity (Wildman–Crippen MR) is 44.6 cm³/mol. The van der Waals surface area contributed by atoms with Crippen LogP contribution in [0.15, 0.2) is 0 Å². The summed E-state index contributed by atoms with van der Waals surface area (Å²) in [7, 11) is 0. The smallest absolute Gasteiger partial charge is 0.334 e. The Labute approximate surface area is 73.0 Å². The topological polar surface area (TPSA) is 35.5 Å². The van der Waals surface area contributed by atoms with E-state index in [9.17, 15) is 4.79 Å². The lowest BCUT2D eigenvalue weighted by Crippen LogP contribution is -2.25. The molecule has 0 radical (unpaired) electrons. The van der Waals surface area contributed by atoms with Crippen LogP contribution in [0.25, 0.3) is 0 Å². The molecule has 1 saturated heterocycles. The van der Waals surface area contributed by atoms with Crippen LogP contribution in [0.2, 0.25) is 0 Å². The van der Waals surface area contributed by atoms with Gasteiger partial charge in [-0.3, -0.25) is 0 Å². The molecule has 3 heteroatoms. The zero-order chi connectivity index (χ0) is 9.03. The van der Waals surface area contributed by atoms with E-state index in [4.69, 9.17) is 9.47 Å². The van der Waals surface area contributed by atoms with Gasteiger partial charge in [-0.05, 0) is 12.8 Å². The molecule has 1 spiro atoms. The van der Waals surface area contributed by atoms with Crippen LogP contribution >= 0.6 is 0 Å². The van der Waals surface area contributed by atoms with Crippen LogP contribution in [-0.4, -0.2) is 18.4 Å². The maximum atomic E-state index is 10.7. The second-order valence-corrected chi connectivity index (χ2v) is 2.88. The van der Waals surface area contributed by atoms with E-state index >= 15 is 0 Å². The Bertz CT molecular complexity index is 159. The molecule has 12 heavy (non-hydrogen) atoms. The van der Waals surface area contributed by atoms with Crippen LogP contribution < -0.4 is 0 Å². The van der Waals surface area contributed by atoms with Gasteiger partial charge in [-0.15, -0.1) is 0 Å². The van der Waals surface area contributed by atoms with Crippen molar-refractivity contribution in [3.05, 3.63) is 0 Å². The van der Waals surface area contributed by atoms with Crippen LogP contribution in [0.5, 0.6) is 0 Å². The molecule has 0 bridgehead atoms. The van der Waals surface area contributed by atoms with Gasteiger partial charge in [0.15, 0.2) is 0 Å². The molecular weight excluding hydrogens is 156 g/mol. The first-order valence-electron chi connectivity index (χ1n) is 4.67. The van der Waals surface area contributed by atoms with Gasteiger partial charge < -0.3 is 9.47 Å². The third kappa shape index (κ3) is 1.78. The maximum absolute atomic E-state index is 10.7. The second-order valence-electron chi connectivity index (χ2n) is 2.88. The molecule has 70 valence electrons. The minimum Gasteiger partial charge on any atom is -0.431 e. The molecule has 1 aliphatic heterocycles. The standard InChI is InChI=1S/C7H10O3.C2H6/c8-6-5-9-7(10-6)3-1-2-4-7;1-2/h1-5H2;1-2H3. The number of carbonyl (C=O) groups excluding carboxylic acids is 1. The molecule has 1 aliphatic carbocycles. The van der Waals surface area contributed by atoms with Crippen molar-refractivity contribution in [3.8, 4) is 0 Å². The van der Waals surface area contributed by atoms with Crippen molar-refractivity contribution in [3.63, 3.8) is 0 Å². The lowest BCUT2D eigenvalue weighted by Gasteiger charge is -2.18. The Hall–Kier alpha value is -0.570. The molecule has 0 N–H and O–H groups in total. The lowest BCUT2D eigenvalue weighted by atomic mass is 10.2. The van der Waals surface area contributed by atoms with Crippen molar-refractivity contribution < 1.29 is 14.3 Å². The number of hydrogen-bond donors (Lipinski definition) is 0. The summed E-state index contributed by atoms with van der Waals surface area (Å²) in [5.74, 6) is -0.696. The number of ether oxygens (including phenoxy) is 2. The van der Waals surface area contributed by atoms with E-state index in [0.717, 1.165) is 25.7 Å². The molecule has 0 aromatic carbocycles. The highest BCUT2D eigenvalue weighted by Crippen LogP contribution is 2.37. The number of esters is 1. The quantitative estimate of drug-likeness (QED) is 0.523. The monoisotopic (exact) mass is 172 g/mol. The summed E-state index contributed by atoms with van der Waals surface area (Å²) in [6.45, 7) is 4.15. The summed E-state index contributed by atoms with van der Waals surface area (Å²) in [5.41, 5.74) is 0. The molecule has 0 aromatic rings. The lowest BCUT2D eigenvalue weighted by molar-refractivity contribution is -0.170. The fourth-order valence-corrected chi connectivity index (χ4v) is 1.62. The molecule has 2 aliphatic rings. The highest BCUT2D eigenvalue weighted by Gasteiger charge is 2.43. The van der Waals surface area contributed by atoms with Crippen LogP contribution in [0.1, 0.15) is 39.5 Å². The first kappa shape index (κ1) is 9.52. The predicted octanol–water partition coefficient (Wildman–Crippen LogP) is 1.86. The summed E-state index contributed by atoms with van der Waals surface area (Å²) >= 11 is 0. The van der Waals surface area contributed by atoms with Gasteiger partial charge in [0.25, 0.3) is 0 Å². The summed E-state index contributed by atoms with van der Waals surface area (Å²) < 4.78 is 10.3. The van der Waals surface area contributed by atoms with E-state index in [0.29, 0.717) is 0 Å². The Morgan fingerprint density at radius 2 is 1.83 bits per heavy atom. The first-order valence-corrected chi connectivity index (χ1v) is 4.67. The number of rotatable bonds is 0. The summed E-state index contributed by atoms with van der Waals surface area (Å²) in [6.07, 6.45) is 4.01. The van der Waals surface area contributed by atoms with Gasteiger partial charge in [-0.2, -0.15) is 0 Å². The van der Waals surface area contributed by atoms with Crippen molar-refractivity contribution in [1.82, 2.24) is 0 Å². The average Bonchev–Trinajstić information content (AvgIpc) is 2.68. The Kier molecular flexibility index (Phi) is 3.09. The molecule has 2 fully saturated rings. The maximum Gasteiger partial charge on any atom is 0.334 e. The second kappa shape index (κ2) is 3.90. The Balaban J connectivity index is 0.000000336. The highest BCUT2D eigenvalue weighted by molar-refractivity contribution is 5.72. The van der Waals surface area contributed by atoms with Crippen LogP contribution in [0.4, 0.5) is 0 Å². The van der Waals surface area contributed by atoms with Crippen LogP contribution in [0, 0.1) is 0 Å². The van der Waals surface area contributed by atoms with Gasteiger partial charge in [0.05, 0.1) is 0 Å². The molecule has 0 aromatic heterocycles. The van der Waals surface area contributed by atoms with E-state index in [1.807, 2.05) is 13.8 Å². The van der Waals surface area contributed by atoms with Crippen molar-refractivity contribution in [2.45, 2.75) is 45.3 Å². The van der Waals surface area contributed by atoms with E-state index in [2.05, 4.69) is 0 Å². The third-order valence-corrected chi connectivity index (χ3v) is 2.12. The zero-order valence-electron chi connectivity index (χ0n) is 7.76. The summed E-state index contributed by atoms with van der Waals surface area (Å²) in [4.78, 5) is 10.7. The van der Waals surface area contributed by atoms with E-state index in [1.165, 1.54) is 0 Å². The van der Waals surface area contributed by atoms with Crippen molar-refractivity contribution >= 4 is 5.97 Å². The molecule has 1 saturated carbocycles. The van der Waals surface area contributed by atoms with Gasteiger partial charge in [-0.1, -0.05) is 13.8 Å².